The van der Waals surface area contributed by atoms with E-state index >= 15 is 0 Å². The van der Waals surface area contributed by atoms with Gasteiger partial charge in [-0.1, -0.05) is 31.5 Å². The summed E-state index contributed by atoms with van der Waals surface area (Å²) in [5.74, 6) is -0.250. The lowest BCUT2D eigenvalue weighted by atomic mass is 9.95. The molecule has 2 aromatic rings. The number of aromatic nitrogens is 1. The first-order valence-electron chi connectivity index (χ1n) is 6.81. The molecule has 1 aromatic heterocycles. The second-order valence-electron chi connectivity index (χ2n) is 5.07. The summed E-state index contributed by atoms with van der Waals surface area (Å²) in [6.07, 6.45) is 3.34. The summed E-state index contributed by atoms with van der Waals surface area (Å²) >= 11 is 0. The topological polar surface area (TPSA) is 51.2 Å². The molecule has 1 atom stereocenters. The van der Waals surface area contributed by atoms with E-state index in [1.165, 1.54) is 7.11 Å². The normalized spacial score (nSPS) is 13.8. The molecule has 1 heterocycles. The van der Waals surface area contributed by atoms with Gasteiger partial charge in [-0.15, -0.1) is 0 Å². The van der Waals surface area contributed by atoms with Crippen molar-refractivity contribution in [3.05, 3.63) is 36.5 Å². The van der Waals surface area contributed by atoms with Gasteiger partial charge in [0.15, 0.2) is 0 Å². The zero-order valence-corrected chi connectivity index (χ0v) is 12.1. The minimum atomic E-state index is -0.729. The largest absolute Gasteiger partial charge is 0.467 e. The number of nitrogens with zero attached hydrogens (tertiary/aromatic N) is 1. The third-order valence-corrected chi connectivity index (χ3v) is 3.45. The number of carbonyl (C=O) groups excluding carboxylic acids is 1. The minimum Gasteiger partial charge on any atom is -0.467 e. The van der Waals surface area contributed by atoms with Crippen LogP contribution in [-0.4, -0.2) is 23.6 Å². The molecular weight excluding hydrogens is 252 g/mol. The Balaban J connectivity index is 2.41. The summed E-state index contributed by atoms with van der Waals surface area (Å²) in [4.78, 5) is 16.4. The molecule has 2 rings (SSSR count). The number of ether oxygens (including phenoxy) is 1. The third kappa shape index (κ3) is 2.74. The lowest BCUT2D eigenvalue weighted by Crippen LogP contribution is -2.44. The number of anilines is 1. The summed E-state index contributed by atoms with van der Waals surface area (Å²) in [5, 5.41) is 4.34. The predicted molar refractivity (Wildman–Crippen MR) is 80.7 cm³/mol. The minimum absolute atomic E-state index is 0.250. The number of carbonyl (C=O) groups is 1. The van der Waals surface area contributed by atoms with Gasteiger partial charge in [0.25, 0.3) is 0 Å². The highest BCUT2D eigenvalue weighted by Crippen LogP contribution is 2.27. The molecular formula is C16H20N2O2. The molecule has 1 aromatic carbocycles. The van der Waals surface area contributed by atoms with Gasteiger partial charge >= 0.3 is 5.97 Å². The molecule has 4 nitrogen and oxygen atoms in total. The monoisotopic (exact) mass is 272 g/mol. The van der Waals surface area contributed by atoms with E-state index in [9.17, 15) is 4.79 Å². The Hall–Kier alpha value is -2.10. The predicted octanol–water partition coefficient (Wildman–Crippen LogP) is 3.38. The number of nitrogens with one attached hydrogen (secondary N) is 1. The van der Waals surface area contributed by atoms with E-state index in [4.69, 9.17) is 4.74 Å². The lowest BCUT2D eigenvalue weighted by Gasteiger charge is -2.29. The van der Waals surface area contributed by atoms with Crippen LogP contribution in [0, 0.1) is 0 Å². The Labute approximate surface area is 119 Å². The van der Waals surface area contributed by atoms with Crippen LogP contribution in [0.3, 0.4) is 0 Å². The van der Waals surface area contributed by atoms with Crippen molar-refractivity contribution in [2.45, 2.75) is 32.2 Å². The summed E-state index contributed by atoms with van der Waals surface area (Å²) in [5.41, 5.74) is 1.08. The second kappa shape index (κ2) is 5.90. The number of para-hydroxylation sites is 1. The molecule has 0 saturated carbocycles. The number of esters is 1. The van der Waals surface area contributed by atoms with E-state index in [-0.39, 0.29) is 5.97 Å². The Morgan fingerprint density at radius 1 is 1.35 bits per heavy atom. The van der Waals surface area contributed by atoms with Gasteiger partial charge < -0.3 is 10.1 Å². The number of hydrogen-bond acceptors (Lipinski definition) is 4. The van der Waals surface area contributed by atoms with Crippen LogP contribution in [0.4, 0.5) is 5.69 Å². The van der Waals surface area contributed by atoms with E-state index in [1.54, 1.807) is 6.20 Å². The molecule has 106 valence electrons. The lowest BCUT2D eigenvalue weighted by molar-refractivity contribution is -0.145. The van der Waals surface area contributed by atoms with Crippen molar-refractivity contribution in [1.82, 2.24) is 4.98 Å². The first-order chi connectivity index (χ1) is 9.60. The highest BCUT2D eigenvalue weighted by molar-refractivity contribution is 5.94. The quantitative estimate of drug-likeness (QED) is 0.848. The summed E-state index contributed by atoms with van der Waals surface area (Å²) in [7, 11) is 1.42. The van der Waals surface area contributed by atoms with Crippen molar-refractivity contribution >= 4 is 22.6 Å². The Morgan fingerprint density at radius 3 is 2.80 bits per heavy atom. The molecule has 0 fully saturated rings. The SMILES string of the molecule is CCCC(C)(Nc1ccnc2ccccc12)C(=O)OC. The van der Waals surface area contributed by atoms with Crippen molar-refractivity contribution in [1.29, 1.82) is 0 Å². The van der Waals surface area contributed by atoms with Crippen molar-refractivity contribution in [3.63, 3.8) is 0 Å². The molecule has 0 aliphatic carbocycles. The summed E-state index contributed by atoms with van der Waals surface area (Å²) < 4.78 is 4.94. The van der Waals surface area contributed by atoms with Crippen molar-refractivity contribution in [3.8, 4) is 0 Å². The van der Waals surface area contributed by atoms with Gasteiger partial charge in [0.2, 0.25) is 0 Å². The van der Waals surface area contributed by atoms with E-state index in [2.05, 4.69) is 10.3 Å². The molecule has 0 aliphatic rings. The maximum atomic E-state index is 12.1. The van der Waals surface area contributed by atoms with Gasteiger partial charge in [-0.2, -0.15) is 0 Å². The molecule has 1 N–H and O–H groups in total. The highest BCUT2D eigenvalue weighted by Gasteiger charge is 2.33. The molecule has 0 saturated heterocycles. The first kappa shape index (κ1) is 14.3. The van der Waals surface area contributed by atoms with Gasteiger partial charge in [0.1, 0.15) is 5.54 Å². The fourth-order valence-electron chi connectivity index (χ4n) is 2.44. The van der Waals surface area contributed by atoms with Gasteiger partial charge in [0, 0.05) is 17.3 Å². The van der Waals surface area contributed by atoms with Crippen molar-refractivity contribution in [2.24, 2.45) is 0 Å². The van der Waals surface area contributed by atoms with E-state index < -0.39 is 5.54 Å². The van der Waals surface area contributed by atoms with Crippen LogP contribution in [0.2, 0.25) is 0 Å². The van der Waals surface area contributed by atoms with Crippen molar-refractivity contribution < 1.29 is 9.53 Å². The maximum Gasteiger partial charge on any atom is 0.331 e. The van der Waals surface area contributed by atoms with E-state index in [0.29, 0.717) is 6.42 Å². The average molecular weight is 272 g/mol. The number of fused-ring (bicyclic) bond motifs is 1. The Kier molecular flexibility index (Phi) is 4.23. The average Bonchev–Trinajstić information content (AvgIpc) is 2.47. The van der Waals surface area contributed by atoms with Gasteiger partial charge in [-0.25, -0.2) is 4.79 Å². The van der Waals surface area contributed by atoms with Crippen LogP contribution in [0.1, 0.15) is 26.7 Å². The zero-order chi connectivity index (χ0) is 14.6. The Bertz CT molecular complexity index is 607. The first-order valence-corrected chi connectivity index (χ1v) is 6.81. The van der Waals surface area contributed by atoms with E-state index in [0.717, 1.165) is 23.0 Å². The number of rotatable bonds is 5. The highest BCUT2D eigenvalue weighted by atomic mass is 16.5. The molecule has 4 heteroatoms. The number of methoxy groups -OCH3 is 1. The summed E-state index contributed by atoms with van der Waals surface area (Å²) in [6.45, 7) is 3.92. The van der Waals surface area contributed by atoms with Gasteiger partial charge in [-0.3, -0.25) is 4.98 Å². The fraction of sp³-hybridized carbons (Fsp3) is 0.375. The van der Waals surface area contributed by atoms with Gasteiger partial charge in [-0.05, 0) is 25.5 Å². The molecule has 20 heavy (non-hydrogen) atoms. The smallest absolute Gasteiger partial charge is 0.331 e. The van der Waals surface area contributed by atoms with E-state index in [1.807, 2.05) is 44.2 Å². The maximum absolute atomic E-state index is 12.1. The van der Waals surface area contributed by atoms with Crippen LogP contribution in [-0.2, 0) is 9.53 Å². The molecule has 0 spiro atoms. The van der Waals surface area contributed by atoms with Crippen LogP contribution < -0.4 is 5.32 Å². The Morgan fingerprint density at radius 2 is 2.10 bits per heavy atom. The van der Waals surface area contributed by atoms with Crippen molar-refractivity contribution in [2.75, 3.05) is 12.4 Å². The number of hydrogen-bond donors (Lipinski definition) is 1. The van der Waals surface area contributed by atoms with Crippen LogP contribution >= 0.6 is 0 Å². The number of pyridine rings is 1. The standard InChI is InChI=1S/C16H20N2O2/c1-4-10-16(2,15(19)20-3)18-14-9-11-17-13-8-6-5-7-12(13)14/h5-9,11H,4,10H2,1-3H3,(H,17,18). The summed E-state index contributed by atoms with van der Waals surface area (Å²) in [6, 6.07) is 9.75. The molecule has 0 bridgehead atoms. The van der Waals surface area contributed by atoms with Crippen LogP contribution in [0.25, 0.3) is 10.9 Å². The number of benzene rings is 1. The molecule has 1 unspecified atom stereocenters. The van der Waals surface area contributed by atoms with Gasteiger partial charge in [0.05, 0.1) is 12.6 Å². The third-order valence-electron chi connectivity index (χ3n) is 3.45. The van der Waals surface area contributed by atoms with Crippen LogP contribution in [0.15, 0.2) is 36.5 Å². The second-order valence-corrected chi connectivity index (χ2v) is 5.07. The van der Waals surface area contributed by atoms with Crippen LogP contribution in [0.5, 0.6) is 0 Å². The fourth-order valence-corrected chi connectivity index (χ4v) is 2.44. The molecule has 0 aliphatic heterocycles. The zero-order valence-electron chi connectivity index (χ0n) is 12.1. The molecule has 0 radical (unpaired) electrons. The molecule has 0 amide bonds.